The van der Waals surface area contributed by atoms with Crippen molar-refractivity contribution in [2.24, 2.45) is 0 Å². The number of aryl methyl sites for hydroxylation is 1. The minimum absolute atomic E-state index is 0.128. The summed E-state index contributed by atoms with van der Waals surface area (Å²) in [7, 11) is 0. The number of carbonyl (C=O) groups excluding carboxylic acids is 1. The maximum atomic E-state index is 12.3. The molecule has 0 heterocycles. The third kappa shape index (κ3) is 4.48. The van der Waals surface area contributed by atoms with E-state index in [4.69, 9.17) is 16.3 Å². The summed E-state index contributed by atoms with van der Waals surface area (Å²) in [6, 6.07) is 14.2. The van der Waals surface area contributed by atoms with Gasteiger partial charge >= 0.3 is 5.97 Å². The second-order valence-electron chi connectivity index (χ2n) is 4.94. The molecule has 116 valence electrons. The fourth-order valence-electron chi connectivity index (χ4n) is 1.87. The van der Waals surface area contributed by atoms with Crippen LogP contribution in [0.5, 0.6) is 5.75 Å². The van der Waals surface area contributed by atoms with E-state index in [1.807, 2.05) is 19.1 Å². The third-order valence-corrected chi connectivity index (χ3v) is 3.44. The molecule has 0 radical (unpaired) electrons. The molecule has 2 aromatic rings. The quantitative estimate of drug-likeness (QED) is 0.487. The van der Waals surface area contributed by atoms with E-state index >= 15 is 0 Å². The summed E-state index contributed by atoms with van der Waals surface area (Å²) in [5, 5.41) is 12.5. The number of para-hydroxylation sites is 1. The summed E-state index contributed by atoms with van der Waals surface area (Å²) in [5.41, 5.74) is 2.10. The molecule has 0 aromatic heterocycles. The molecule has 0 amide bonds. The van der Waals surface area contributed by atoms with E-state index in [2.05, 4.69) is 5.32 Å². The first-order valence-corrected chi connectivity index (χ1v) is 7.49. The number of carbonyl (C=O) groups is 1. The van der Waals surface area contributed by atoms with Gasteiger partial charge in [0.15, 0.2) is 0 Å². The van der Waals surface area contributed by atoms with E-state index in [1.165, 1.54) is 0 Å². The average Bonchev–Trinajstić information content (AvgIpc) is 2.55. The number of hydrogen-bond donors (Lipinski definition) is 2. The van der Waals surface area contributed by atoms with Crippen molar-refractivity contribution in [2.45, 2.75) is 13.0 Å². The smallest absolute Gasteiger partial charge is 0.345 e. The number of aliphatic hydroxyl groups excluding tert-OH is 1. The van der Waals surface area contributed by atoms with Gasteiger partial charge in [-0.3, -0.25) is 0 Å². The second kappa shape index (κ2) is 7.82. The molecule has 0 aliphatic heterocycles. The molecule has 0 spiro atoms. The molecule has 0 bridgehead atoms. The molecule has 2 aromatic carbocycles. The molecule has 2 rings (SSSR count). The van der Waals surface area contributed by atoms with E-state index in [1.54, 1.807) is 36.4 Å². The van der Waals surface area contributed by atoms with Gasteiger partial charge in [-0.1, -0.05) is 29.8 Å². The largest absolute Gasteiger partial charge is 0.423 e. The summed E-state index contributed by atoms with van der Waals surface area (Å²) in [5.74, 6) is 0.168. The van der Waals surface area contributed by atoms with Crippen LogP contribution in [0.3, 0.4) is 0 Å². The number of aliphatic hydroxyl groups is 1. The van der Waals surface area contributed by atoms with Crippen molar-refractivity contribution in [3.05, 3.63) is 59.7 Å². The number of alkyl halides is 1. The number of ether oxygens (including phenoxy) is 1. The summed E-state index contributed by atoms with van der Waals surface area (Å²) in [4.78, 5) is 12.3. The number of rotatable bonds is 6. The van der Waals surface area contributed by atoms with E-state index in [0.717, 1.165) is 5.56 Å². The van der Waals surface area contributed by atoms with Gasteiger partial charge in [-0.05, 0) is 31.2 Å². The molecule has 1 unspecified atom stereocenters. The highest BCUT2D eigenvalue weighted by atomic mass is 35.5. The first-order valence-electron chi connectivity index (χ1n) is 6.96. The minimum Gasteiger partial charge on any atom is -0.423 e. The summed E-state index contributed by atoms with van der Waals surface area (Å²) >= 11 is 5.56. The van der Waals surface area contributed by atoms with Gasteiger partial charge in [-0.15, -0.1) is 11.6 Å². The Morgan fingerprint density at radius 2 is 1.91 bits per heavy atom. The van der Waals surface area contributed by atoms with Crippen molar-refractivity contribution in [3.63, 3.8) is 0 Å². The predicted molar refractivity (Wildman–Crippen MR) is 87.8 cm³/mol. The van der Waals surface area contributed by atoms with Crippen LogP contribution in [-0.4, -0.2) is 29.6 Å². The lowest BCUT2D eigenvalue weighted by Crippen LogP contribution is -2.22. The molecular weight excluding hydrogens is 302 g/mol. The SMILES string of the molecule is Cc1ccc(OC(=O)c2ccccc2NCC(O)CCl)cc1. The number of nitrogens with one attached hydrogen (secondary N) is 1. The molecule has 0 aliphatic rings. The van der Waals surface area contributed by atoms with Crippen LogP contribution in [0.4, 0.5) is 5.69 Å². The van der Waals surface area contributed by atoms with Crippen LogP contribution in [0, 0.1) is 6.92 Å². The van der Waals surface area contributed by atoms with Gasteiger partial charge in [-0.25, -0.2) is 4.79 Å². The molecule has 0 fully saturated rings. The van der Waals surface area contributed by atoms with Crippen LogP contribution in [-0.2, 0) is 0 Å². The molecule has 5 heteroatoms. The Morgan fingerprint density at radius 1 is 1.23 bits per heavy atom. The first-order chi connectivity index (χ1) is 10.6. The highest BCUT2D eigenvalue weighted by Crippen LogP contribution is 2.19. The van der Waals surface area contributed by atoms with Crippen LogP contribution in [0.2, 0.25) is 0 Å². The monoisotopic (exact) mass is 319 g/mol. The minimum atomic E-state index is -0.678. The predicted octanol–water partition coefficient (Wildman–Crippen LogP) is 3.23. The second-order valence-corrected chi connectivity index (χ2v) is 5.25. The van der Waals surface area contributed by atoms with Gasteiger partial charge in [0.05, 0.1) is 17.5 Å². The maximum absolute atomic E-state index is 12.3. The molecule has 0 saturated heterocycles. The summed E-state index contributed by atoms with van der Waals surface area (Å²) in [6.45, 7) is 2.23. The number of esters is 1. The van der Waals surface area contributed by atoms with Crippen LogP contribution in [0.25, 0.3) is 0 Å². The third-order valence-electron chi connectivity index (χ3n) is 3.08. The Labute approximate surface area is 134 Å². The van der Waals surface area contributed by atoms with E-state index in [0.29, 0.717) is 17.0 Å². The van der Waals surface area contributed by atoms with E-state index in [9.17, 15) is 9.90 Å². The van der Waals surface area contributed by atoms with Gasteiger partial charge < -0.3 is 15.2 Å². The number of hydrogen-bond acceptors (Lipinski definition) is 4. The topological polar surface area (TPSA) is 58.6 Å². The van der Waals surface area contributed by atoms with Crippen molar-refractivity contribution in [1.82, 2.24) is 0 Å². The van der Waals surface area contributed by atoms with Crippen molar-refractivity contribution in [2.75, 3.05) is 17.7 Å². The van der Waals surface area contributed by atoms with Gasteiger partial charge in [0.25, 0.3) is 0 Å². The molecular formula is C17H18ClNO3. The zero-order chi connectivity index (χ0) is 15.9. The number of benzene rings is 2. The molecule has 22 heavy (non-hydrogen) atoms. The molecule has 2 N–H and O–H groups in total. The Hall–Kier alpha value is -2.04. The van der Waals surface area contributed by atoms with E-state index in [-0.39, 0.29) is 12.4 Å². The Kier molecular flexibility index (Phi) is 5.81. The van der Waals surface area contributed by atoms with Crippen LogP contribution in [0.15, 0.2) is 48.5 Å². The maximum Gasteiger partial charge on any atom is 0.345 e. The number of anilines is 1. The lowest BCUT2D eigenvalue weighted by atomic mass is 10.1. The fraction of sp³-hybridized carbons (Fsp3) is 0.235. The van der Waals surface area contributed by atoms with Crippen molar-refractivity contribution in [1.29, 1.82) is 0 Å². The number of halogens is 1. The Bertz CT molecular complexity index is 628. The van der Waals surface area contributed by atoms with Gasteiger partial charge in [-0.2, -0.15) is 0 Å². The van der Waals surface area contributed by atoms with Crippen molar-refractivity contribution < 1.29 is 14.6 Å². The summed E-state index contributed by atoms with van der Waals surface area (Å²) in [6.07, 6.45) is -0.678. The fourth-order valence-corrected chi connectivity index (χ4v) is 1.98. The highest BCUT2D eigenvalue weighted by molar-refractivity contribution is 6.18. The zero-order valence-corrected chi connectivity index (χ0v) is 13.0. The Balaban J connectivity index is 2.10. The molecule has 0 aliphatic carbocycles. The standard InChI is InChI=1S/C17H18ClNO3/c1-12-6-8-14(9-7-12)22-17(21)15-4-2-3-5-16(15)19-11-13(20)10-18/h2-9,13,19-20H,10-11H2,1H3. The van der Waals surface area contributed by atoms with Gasteiger partial charge in [0.1, 0.15) is 5.75 Å². The molecule has 4 nitrogen and oxygen atoms in total. The lowest BCUT2D eigenvalue weighted by molar-refractivity contribution is 0.0735. The molecule has 1 atom stereocenters. The highest BCUT2D eigenvalue weighted by Gasteiger charge is 2.14. The van der Waals surface area contributed by atoms with Gasteiger partial charge in [0, 0.05) is 12.2 Å². The van der Waals surface area contributed by atoms with Crippen LogP contribution < -0.4 is 10.1 Å². The summed E-state index contributed by atoms with van der Waals surface area (Å²) < 4.78 is 5.36. The van der Waals surface area contributed by atoms with Gasteiger partial charge in [0.2, 0.25) is 0 Å². The zero-order valence-electron chi connectivity index (χ0n) is 12.3. The molecule has 0 saturated carbocycles. The van der Waals surface area contributed by atoms with Crippen molar-refractivity contribution >= 4 is 23.3 Å². The average molecular weight is 320 g/mol. The van der Waals surface area contributed by atoms with Crippen molar-refractivity contribution in [3.8, 4) is 5.75 Å². The Morgan fingerprint density at radius 3 is 2.59 bits per heavy atom. The van der Waals surface area contributed by atoms with Crippen LogP contribution in [0.1, 0.15) is 15.9 Å². The lowest BCUT2D eigenvalue weighted by Gasteiger charge is -2.13. The van der Waals surface area contributed by atoms with E-state index < -0.39 is 12.1 Å². The normalized spacial score (nSPS) is 11.8. The first kappa shape index (κ1) is 16.3. The van der Waals surface area contributed by atoms with Crippen LogP contribution >= 0.6 is 11.6 Å².